The Kier molecular flexibility index (Phi) is 6.18. The van der Waals surface area contributed by atoms with E-state index in [9.17, 15) is 13.2 Å². The van der Waals surface area contributed by atoms with E-state index in [4.69, 9.17) is 11.6 Å². The number of hydrogen-bond donors (Lipinski definition) is 1. The maximum Gasteiger partial charge on any atom is 0.240 e. The molecule has 0 bridgehead atoms. The summed E-state index contributed by atoms with van der Waals surface area (Å²) in [5, 5.41) is 4.75. The van der Waals surface area contributed by atoms with Gasteiger partial charge >= 0.3 is 0 Å². The summed E-state index contributed by atoms with van der Waals surface area (Å²) in [6, 6.07) is 6.50. The number of amides is 1. The predicted molar refractivity (Wildman–Crippen MR) is 104 cm³/mol. The minimum absolute atomic E-state index is 0.0729. The highest BCUT2D eigenvalue weighted by molar-refractivity contribution is 7.89. The molecule has 146 valence electrons. The van der Waals surface area contributed by atoms with Gasteiger partial charge in [-0.1, -0.05) is 18.5 Å². The van der Waals surface area contributed by atoms with Crippen LogP contribution < -0.4 is 9.62 Å². The second kappa shape index (κ2) is 8.41. The van der Waals surface area contributed by atoms with E-state index in [2.05, 4.69) is 9.82 Å². The number of nitrogens with zero attached hydrogens (tertiary/aromatic N) is 3. The van der Waals surface area contributed by atoms with E-state index < -0.39 is 10.0 Å². The second-order valence-electron chi connectivity index (χ2n) is 6.53. The highest BCUT2D eigenvalue weighted by Crippen LogP contribution is 2.23. The first kappa shape index (κ1) is 19.9. The first-order valence-electron chi connectivity index (χ1n) is 9.00. The van der Waals surface area contributed by atoms with Crippen LogP contribution in [0.2, 0.25) is 5.02 Å². The number of sulfonamides is 1. The van der Waals surface area contributed by atoms with E-state index in [1.54, 1.807) is 34.1 Å². The number of hydrogen-bond acceptors (Lipinski definition) is 4. The lowest BCUT2D eigenvalue weighted by molar-refractivity contribution is -0.117. The van der Waals surface area contributed by atoms with Gasteiger partial charge in [-0.2, -0.15) is 5.10 Å². The molecule has 7 nitrogen and oxygen atoms in total. The molecule has 9 heteroatoms. The lowest BCUT2D eigenvalue weighted by atomic mass is 10.1. The number of benzene rings is 1. The van der Waals surface area contributed by atoms with Crippen LogP contribution in [0, 0.1) is 0 Å². The monoisotopic (exact) mass is 410 g/mol. The predicted octanol–water partition coefficient (Wildman–Crippen LogP) is 2.98. The summed E-state index contributed by atoms with van der Waals surface area (Å²) in [7, 11) is -3.60. The fraction of sp³-hybridized carbons (Fsp3) is 0.444. The van der Waals surface area contributed by atoms with Crippen molar-refractivity contribution < 1.29 is 13.2 Å². The third-order valence-corrected chi connectivity index (χ3v) is 6.39. The zero-order valence-electron chi connectivity index (χ0n) is 15.1. The third kappa shape index (κ3) is 4.69. The Morgan fingerprint density at radius 1 is 1.30 bits per heavy atom. The molecule has 0 spiro atoms. The largest absolute Gasteiger partial charge is 0.312 e. The summed E-state index contributed by atoms with van der Waals surface area (Å²) < 4.78 is 29.4. The molecule has 1 atom stereocenters. The van der Waals surface area contributed by atoms with Gasteiger partial charge in [0.05, 0.1) is 22.2 Å². The van der Waals surface area contributed by atoms with Crippen LogP contribution in [0.15, 0.2) is 41.6 Å². The Labute approximate surface area is 164 Å². The normalized spacial score (nSPS) is 16.1. The van der Waals surface area contributed by atoms with Crippen LogP contribution in [0.4, 0.5) is 5.69 Å². The zero-order valence-corrected chi connectivity index (χ0v) is 16.7. The molecule has 2 aromatic rings. The second-order valence-corrected chi connectivity index (χ2v) is 8.73. The van der Waals surface area contributed by atoms with Crippen molar-refractivity contribution >= 4 is 33.2 Å². The van der Waals surface area contributed by atoms with Crippen molar-refractivity contribution in [2.75, 3.05) is 18.0 Å². The molecule has 1 fully saturated rings. The minimum atomic E-state index is -3.60. The van der Waals surface area contributed by atoms with E-state index in [0.717, 1.165) is 18.5 Å². The van der Waals surface area contributed by atoms with Gasteiger partial charge in [-0.15, -0.1) is 0 Å². The molecule has 0 saturated carbocycles. The van der Waals surface area contributed by atoms with Crippen LogP contribution in [0.3, 0.4) is 0 Å². The molecule has 1 unspecified atom stereocenters. The molecule has 27 heavy (non-hydrogen) atoms. The van der Waals surface area contributed by atoms with Crippen molar-refractivity contribution in [3.8, 4) is 0 Å². The van der Waals surface area contributed by atoms with E-state index in [1.165, 1.54) is 12.1 Å². The van der Waals surface area contributed by atoms with Crippen molar-refractivity contribution in [1.29, 1.82) is 0 Å². The minimum Gasteiger partial charge on any atom is -0.312 e. The molecule has 1 aliphatic rings. The smallest absolute Gasteiger partial charge is 0.240 e. The standard InChI is InChI=1S/C18H23ClN4O3S/c1-2-15(23-13-14(19)12-20-23)9-10-21-27(25,26)17-7-5-16(6-8-17)22-11-3-4-18(22)24/h5-8,12-13,15,21H,2-4,9-11H2,1H3. The number of anilines is 1. The fourth-order valence-corrected chi connectivity index (χ4v) is 4.40. The van der Waals surface area contributed by atoms with E-state index in [0.29, 0.717) is 31.0 Å². The van der Waals surface area contributed by atoms with Crippen molar-refractivity contribution in [2.45, 2.75) is 43.5 Å². The maximum absolute atomic E-state index is 12.5. The molecule has 1 saturated heterocycles. The molecule has 0 aliphatic carbocycles. The Morgan fingerprint density at radius 3 is 2.59 bits per heavy atom. The van der Waals surface area contributed by atoms with Crippen molar-refractivity contribution in [3.63, 3.8) is 0 Å². The van der Waals surface area contributed by atoms with E-state index >= 15 is 0 Å². The Morgan fingerprint density at radius 2 is 2.04 bits per heavy atom. The van der Waals surface area contributed by atoms with Crippen LogP contribution in [-0.2, 0) is 14.8 Å². The average Bonchev–Trinajstić information content (AvgIpc) is 3.27. The first-order chi connectivity index (χ1) is 12.9. The molecule has 1 amide bonds. The number of aromatic nitrogens is 2. The molecular weight excluding hydrogens is 388 g/mol. The van der Waals surface area contributed by atoms with E-state index in [1.807, 2.05) is 6.92 Å². The molecule has 3 rings (SSSR count). The number of carbonyl (C=O) groups is 1. The summed E-state index contributed by atoms with van der Waals surface area (Å²) in [4.78, 5) is 13.7. The van der Waals surface area contributed by atoms with Crippen molar-refractivity contribution in [2.24, 2.45) is 0 Å². The third-order valence-electron chi connectivity index (χ3n) is 4.72. The van der Waals surface area contributed by atoms with Crippen LogP contribution >= 0.6 is 11.6 Å². The van der Waals surface area contributed by atoms with Gasteiger partial charge in [0.15, 0.2) is 0 Å². The quantitative estimate of drug-likeness (QED) is 0.725. The van der Waals surface area contributed by atoms with Crippen LogP contribution in [-0.4, -0.2) is 37.2 Å². The van der Waals surface area contributed by atoms with Gasteiger partial charge in [-0.3, -0.25) is 9.48 Å². The SMILES string of the molecule is CCC(CCNS(=O)(=O)c1ccc(N2CCCC2=O)cc1)n1cc(Cl)cn1. The van der Waals surface area contributed by atoms with Crippen molar-refractivity contribution in [3.05, 3.63) is 41.7 Å². The molecule has 2 heterocycles. The Hall–Kier alpha value is -1.90. The number of halogens is 1. The van der Waals surface area contributed by atoms with Gasteiger partial charge in [0.2, 0.25) is 15.9 Å². The molecule has 1 aromatic carbocycles. The Bertz CT molecular complexity index is 896. The van der Waals surface area contributed by atoms with Crippen LogP contribution in [0.5, 0.6) is 0 Å². The summed E-state index contributed by atoms with van der Waals surface area (Å²) in [6.45, 7) is 3.00. The van der Waals surface area contributed by atoms with Gasteiger partial charge in [-0.25, -0.2) is 13.1 Å². The van der Waals surface area contributed by atoms with Gasteiger partial charge in [0, 0.05) is 31.4 Å². The molecular formula is C18H23ClN4O3S. The molecule has 1 aliphatic heterocycles. The molecule has 0 radical (unpaired) electrons. The number of carbonyl (C=O) groups excluding carboxylic acids is 1. The summed E-state index contributed by atoms with van der Waals surface area (Å²) in [5.74, 6) is 0.0769. The lowest BCUT2D eigenvalue weighted by Gasteiger charge is -2.17. The van der Waals surface area contributed by atoms with Gasteiger partial charge in [0.1, 0.15) is 0 Å². The maximum atomic E-state index is 12.5. The summed E-state index contributed by atoms with van der Waals surface area (Å²) in [6.07, 6.45) is 6.11. The topological polar surface area (TPSA) is 84.3 Å². The lowest BCUT2D eigenvalue weighted by Crippen LogP contribution is -2.27. The van der Waals surface area contributed by atoms with Gasteiger partial charge in [-0.05, 0) is 43.5 Å². The first-order valence-corrected chi connectivity index (χ1v) is 10.9. The number of rotatable bonds is 8. The van der Waals surface area contributed by atoms with Crippen LogP contribution in [0.1, 0.15) is 38.6 Å². The van der Waals surface area contributed by atoms with Crippen molar-refractivity contribution in [1.82, 2.24) is 14.5 Å². The summed E-state index contributed by atoms with van der Waals surface area (Å²) in [5.41, 5.74) is 0.734. The Balaban J connectivity index is 1.60. The highest BCUT2D eigenvalue weighted by Gasteiger charge is 2.22. The fourth-order valence-electron chi connectivity index (χ4n) is 3.21. The molecule has 1 N–H and O–H groups in total. The average molecular weight is 411 g/mol. The molecule has 1 aromatic heterocycles. The van der Waals surface area contributed by atoms with Crippen LogP contribution in [0.25, 0.3) is 0 Å². The zero-order chi connectivity index (χ0) is 19.4. The highest BCUT2D eigenvalue weighted by atomic mass is 35.5. The number of nitrogens with one attached hydrogen (secondary N) is 1. The summed E-state index contributed by atoms with van der Waals surface area (Å²) >= 11 is 5.90. The van der Waals surface area contributed by atoms with Gasteiger partial charge < -0.3 is 4.90 Å². The van der Waals surface area contributed by atoms with E-state index in [-0.39, 0.29) is 16.8 Å². The van der Waals surface area contributed by atoms with Gasteiger partial charge in [0.25, 0.3) is 0 Å².